The maximum atomic E-state index is 12.3. The highest BCUT2D eigenvalue weighted by Crippen LogP contribution is 2.25. The summed E-state index contributed by atoms with van der Waals surface area (Å²) in [6, 6.07) is 4.05. The molecule has 1 N–H and O–H groups in total. The molecule has 2 aromatic rings. The monoisotopic (exact) mass is 337 g/mol. The Morgan fingerprint density at radius 2 is 2.50 bits per heavy atom. The van der Waals surface area contributed by atoms with Crippen molar-refractivity contribution in [2.75, 3.05) is 26.2 Å². The van der Waals surface area contributed by atoms with Crippen LogP contribution in [-0.4, -0.2) is 42.2 Å². The van der Waals surface area contributed by atoms with Crippen LogP contribution in [0.3, 0.4) is 0 Å². The molecule has 0 aromatic carbocycles. The highest BCUT2D eigenvalue weighted by molar-refractivity contribution is 7.11. The van der Waals surface area contributed by atoms with Gasteiger partial charge < -0.3 is 15.0 Å². The second-order valence-electron chi connectivity index (χ2n) is 5.17. The zero-order valence-electron chi connectivity index (χ0n) is 12.4. The molecule has 0 aliphatic carbocycles. The third-order valence-electron chi connectivity index (χ3n) is 3.50. The number of morpholine rings is 1. The number of carbonyl (C=O) groups excluding carboxylic acids is 1. The first-order valence-electron chi connectivity index (χ1n) is 7.31. The molecule has 0 saturated carbocycles. The van der Waals surface area contributed by atoms with Crippen molar-refractivity contribution >= 4 is 28.7 Å². The molecule has 2 amide bonds. The van der Waals surface area contributed by atoms with Crippen LogP contribution in [0.5, 0.6) is 0 Å². The molecule has 1 saturated heterocycles. The lowest BCUT2D eigenvalue weighted by Gasteiger charge is -2.32. The molecule has 7 heteroatoms. The van der Waals surface area contributed by atoms with Gasteiger partial charge in [-0.25, -0.2) is 9.78 Å². The van der Waals surface area contributed by atoms with Crippen molar-refractivity contribution in [1.82, 2.24) is 15.2 Å². The first kappa shape index (κ1) is 15.5. The van der Waals surface area contributed by atoms with E-state index in [-0.39, 0.29) is 12.1 Å². The average molecular weight is 337 g/mol. The maximum absolute atomic E-state index is 12.3. The summed E-state index contributed by atoms with van der Waals surface area (Å²) in [6.07, 6.45) is 2.65. The molecule has 3 heterocycles. The van der Waals surface area contributed by atoms with E-state index in [1.165, 1.54) is 9.75 Å². The fourth-order valence-corrected chi connectivity index (χ4v) is 3.94. The Morgan fingerprint density at radius 3 is 3.23 bits per heavy atom. The summed E-state index contributed by atoms with van der Waals surface area (Å²) >= 11 is 3.35. The summed E-state index contributed by atoms with van der Waals surface area (Å²) in [7, 11) is 0. The third-order valence-corrected chi connectivity index (χ3v) is 5.44. The maximum Gasteiger partial charge on any atom is 0.317 e. The smallest absolute Gasteiger partial charge is 0.317 e. The van der Waals surface area contributed by atoms with Gasteiger partial charge in [0.15, 0.2) is 0 Å². The summed E-state index contributed by atoms with van der Waals surface area (Å²) in [4.78, 5) is 20.8. The standard InChI is InChI=1S/C15H19N3O2S2/c1-11-9-17-14(22-11)4-5-16-15(19)18-6-7-20-12(10-18)13-3-2-8-21-13/h2-3,8-9,12H,4-7,10H2,1H3,(H,16,19)/t12-/m1/s1. The van der Waals surface area contributed by atoms with Gasteiger partial charge in [-0.3, -0.25) is 0 Å². The minimum Gasteiger partial charge on any atom is -0.369 e. The molecule has 0 bridgehead atoms. The number of aromatic nitrogens is 1. The molecule has 0 radical (unpaired) electrons. The van der Waals surface area contributed by atoms with Gasteiger partial charge in [0.1, 0.15) is 6.10 Å². The number of nitrogens with zero attached hydrogens (tertiary/aromatic N) is 2. The van der Waals surface area contributed by atoms with Gasteiger partial charge in [-0.15, -0.1) is 22.7 Å². The van der Waals surface area contributed by atoms with Crippen LogP contribution in [0.1, 0.15) is 20.9 Å². The number of thiazole rings is 1. The Kier molecular flexibility index (Phi) is 5.07. The van der Waals surface area contributed by atoms with Crippen molar-refractivity contribution < 1.29 is 9.53 Å². The van der Waals surface area contributed by atoms with Crippen molar-refractivity contribution in [3.05, 3.63) is 38.5 Å². The molecular formula is C15H19N3O2S2. The Hall–Kier alpha value is -1.44. The number of thiophene rings is 1. The van der Waals surface area contributed by atoms with Gasteiger partial charge in [0.2, 0.25) is 0 Å². The molecule has 1 aliphatic rings. The molecule has 0 spiro atoms. The highest BCUT2D eigenvalue weighted by atomic mass is 32.1. The quantitative estimate of drug-likeness (QED) is 0.933. The van der Waals surface area contributed by atoms with Gasteiger partial charge in [-0.2, -0.15) is 0 Å². The van der Waals surface area contributed by atoms with E-state index in [1.54, 1.807) is 22.7 Å². The molecular weight excluding hydrogens is 318 g/mol. The Labute approximate surface area is 137 Å². The van der Waals surface area contributed by atoms with Gasteiger partial charge in [0.05, 0.1) is 18.2 Å². The first-order chi connectivity index (χ1) is 10.7. The van der Waals surface area contributed by atoms with E-state index in [2.05, 4.69) is 16.4 Å². The second kappa shape index (κ2) is 7.21. The molecule has 1 aliphatic heterocycles. The Morgan fingerprint density at radius 1 is 1.59 bits per heavy atom. The van der Waals surface area contributed by atoms with Crippen LogP contribution in [-0.2, 0) is 11.2 Å². The van der Waals surface area contributed by atoms with Gasteiger partial charge in [-0.1, -0.05) is 6.07 Å². The van der Waals surface area contributed by atoms with E-state index in [0.717, 1.165) is 11.4 Å². The number of nitrogens with one attached hydrogen (secondary N) is 1. The first-order valence-corrected chi connectivity index (χ1v) is 9.01. The molecule has 5 nitrogen and oxygen atoms in total. The molecule has 1 fully saturated rings. The predicted molar refractivity (Wildman–Crippen MR) is 88.5 cm³/mol. The van der Waals surface area contributed by atoms with Crippen LogP contribution < -0.4 is 5.32 Å². The van der Waals surface area contributed by atoms with Crippen LogP contribution in [0.15, 0.2) is 23.7 Å². The van der Waals surface area contributed by atoms with Crippen molar-refractivity contribution in [1.29, 1.82) is 0 Å². The molecule has 2 aromatic heterocycles. The number of amides is 2. The Bertz CT molecular complexity index is 612. The zero-order valence-corrected chi connectivity index (χ0v) is 14.1. The molecule has 3 rings (SSSR count). The normalized spacial score (nSPS) is 18.4. The summed E-state index contributed by atoms with van der Waals surface area (Å²) in [6.45, 7) is 4.50. The number of urea groups is 1. The van der Waals surface area contributed by atoms with Crippen LogP contribution in [0.4, 0.5) is 4.79 Å². The van der Waals surface area contributed by atoms with E-state index in [4.69, 9.17) is 4.74 Å². The van der Waals surface area contributed by atoms with Crippen molar-refractivity contribution in [3.8, 4) is 0 Å². The zero-order chi connectivity index (χ0) is 15.4. The lowest BCUT2D eigenvalue weighted by Crippen LogP contribution is -2.47. The van der Waals surface area contributed by atoms with Crippen molar-refractivity contribution in [3.63, 3.8) is 0 Å². The predicted octanol–water partition coefficient (Wildman–Crippen LogP) is 2.84. The highest BCUT2D eigenvalue weighted by Gasteiger charge is 2.25. The van der Waals surface area contributed by atoms with Crippen LogP contribution in [0.25, 0.3) is 0 Å². The lowest BCUT2D eigenvalue weighted by molar-refractivity contribution is -0.0135. The van der Waals surface area contributed by atoms with E-state index >= 15 is 0 Å². The van der Waals surface area contributed by atoms with Crippen molar-refractivity contribution in [2.45, 2.75) is 19.4 Å². The van der Waals surface area contributed by atoms with Gasteiger partial charge >= 0.3 is 6.03 Å². The van der Waals surface area contributed by atoms with Crippen molar-refractivity contribution in [2.24, 2.45) is 0 Å². The molecule has 1 atom stereocenters. The SMILES string of the molecule is Cc1cnc(CCNC(=O)N2CCO[C@@H](c3cccs3)C2)s1. The summed E-state index contributed by atoms with van der Waals surface area (Å²) < 4.78 is 5.76. The Balaban J connectivity index is 1.47. The summed E-state index contributed by atoms with van der Waals surface area (Å²) in [5.74, 6) is 0. The fraction of sp³-hybridized carbons (Fsp3) is 0.467. The van der Waals surface area contributed by atoms with Gasteiger partial charge in [0, 0.05) is 35.5 Å². The van der Waals surface area contributed by atoms with Gasteiger partial charge in [0.25, 0.3) is 0 Å². The number of hydrogen-bond acceptors (Lipinski definition) is 5. The number of aryl methyl sites for hydroxylation is 1. The average Bonchev–Trinajstić information content (AvgIpc) is 3.19. The number of carbonyl (C=O) groups is 1. The summed E-state index contributed by atoms with van der Waals surface area (Å²) in [5, 5.41) is 6.08. The minimum absolute atomic E-state index is 0.00103. The summed E-state index contributed by atoms with van der Waals surface area (Å²) in [5.41, 5.74) is 0. The van der Waals surface area contributed by atoms with Crippen LogP contribution in [0, 0.1) is 6.92 Å². The number of ether oxygens (including phenoxy) is 1. The third kappa shape index (κ3) is 3.85. The second-order valence-corrected chi connectivity index (χ2v) is 7.47. The topological polar surface area (TPSA) is 54.5 Å². The molecule has 0 unspecified atom stereocenters. The minimum atomic E-state index is -0.0156. The fourth-order valence-electron chi connectivity index (χ4n) is 2.39. The largest absolute Gasteiger partial charge is 0.369 e. The van der Waals surface area contributed by atoms with E-state index < -0.39 is 0 Å². The van der Waals surface area contributed by atoms with E-state index in [0.29, 0.717) is 26.2 Å². The van der Waals surface area contributed by atoms with E-state index in [1.807, 2.05) is 29.5 Å². The van der Waals surface area contributed by atoms with Gasteiger partial charge in [-0.05, 0) is 18.4 Å². The van der Waals surface area contributed by atoms with E-state index in [9.17, 15) is 4.79 Å². The molecule has 22 heavy (non-hydrogen) atoms. The number of rotatable bonds is 4. The lowest BCUT2D eigenvalue weighted by atomic mass is 10.2. The van der Waals surface area contributed by atoms with Crippen LogP contribution in [0.2, 0.25) is 0 Å². The van der Waals surface area contributed by atoms with Crippen LogP contribution >= 0.6 is 22.7 Å². The molecule has 118 valence electrons. The number of hydrogen-bond donors (Lipinski definition) is 1.